The minimum atomic E-state index is 1.05. The highest BCUT2D eigenvalue weighted by atomic mass is 32.2. The molecule has 52 heavy (non-hydrogen) atoms. The Hall–Kier alpha value is -5.54. The molecule has 5 aromatic carbocycles. The molecule has 2 aliphatic rings. The molecular formula is C50H39S2+. The highest BCUT2D eigenvalue weighted by Crippen LogP contribution is 2.44. The maximum atomic E-state index is 2.38. The van der Waals surface area contributed by atoms with Crippen molar-refractivity contribution >= 4 is 44.6 Å². The molecule has 0 radical (unpaired) electrons. The van der Waals surface area contributed by atoms with E-state index in [-0.39, 0.29) is 0 Å². The molecule has 1 aliphatic heterocycles. The van der Waals surface area contributed by atoms with E-state index in [1.165, 1.54) is 75.2 Å². The van der Waals surface area contributed by atoms with E-state index in [1.807, 2.05) is 23.1 Å². The first kappa shape index (κ1) is 33.6. The predicted octanol–water partition coefficient (Wildman–Crippen LogP) is 14.7. The van der Waals surface area contributed by atoms with Crippen LogP contribution in [0, 0.1) is 0 Å². The lowest BCUT2D eigenvalue weighted by Gasteiger charge is -2.22. The summed E-state index contributed by atoms with van der Waals surface area (Å²) < 4.78 is 0. The van der Waals surface area contributed by atoms with Crippen LogP contribution in [0.3, 0.4) is 0 Å². The molecule has 8 rings (SSSR count). The van der Waals surface area contributed by atoms with Gasteiger partial charge in [-0.25, -0.2) is 0 Å². The average Bonchev–Trinajstić information content (AvgIpc) is 3.23. The SMILES string of the molecule is C(/C=C1/CCCC(/C=C/c2cc(-c3ccccc3)[s+]c(-c3ccccc3)c2)=C1c1ccccc1)=C1C=C(c2ccccc2)SC(c2ccccc2)=C1. The van der Waals surface area contributed by atoms with Gasteiger partial charge in [0.05, 0.1) is 0 Å². The van der Waals surface area contributed by atoms with Gasteiger partial charge in [-0.15, -0.1) is 0 Å². The van der Waals surface area contributed by atoms with Crippen LogP contribution in [0.5, 0.6) is 0 Å². The second-order valence-electron chi connectivity index (χ2n) is 13.0. The van der Waals surface area contributed by atoms with Gasteiger partial charge in [-0.2, -0.15) is 0 Å². The molecule has 0 amide bonds. The van der Waals surface area contributed by atoms with Gasteiger partial charge in [-0.3, -0.25) is 0 Å². The fourth-order valence-electron chi connectivity index (χ4n) is 6.84. The van der Waals surface area contributed by atoms with Crippen molar-refractivity contribution in [2.24, 2.45) is 0 Å². The largest absolute Gasteiger partial charge is 0.239 e. The summed E-state index contributed by atoms with van der Waals surface area (Å²) in [6.07, 6.45) is 17.3. The summed E-state index contributed by atoms with van der Waals surface area (Å²) in [5.74, 6) is 0. The van der Waals surface area contributed by atoms with E-state index in [9.17, 15) is 0 Å². The molecule has 1 aromatic heterocycles. The molecule has 1 aliphatic carbocycles. The Morgan fingerprint density at radius 1 is 0.462 bits per heavy atom. The minimum Gasteiger partial charge on any atom is -0.0888 e. The lowest BCUT2D eigenvalue weighted by Crippen LogP contribution is -2.02. The van der Waals surface area contributed by atoms with E-state index < -0.39 is 0 Å². The molecular weight excluding hydrogens is 665 g/mol. The van der Waals surface area contributed by atoms with Gasteiger partial charge in [0, 0.05) is 33.1 Å². The Kier molecular flexibility index (Phi) is 10.5. The Balaban J connectivity index is 1.21. The van der Waals surface area contributed by atoms with Crippen molar-refractivity contribution in [1.82, 2.24) is 0 Å². The molecule has 250 valence electrons. The third-order valence-electron chi connectivity index (χ3n) is 9.41. The Bertz CT molecular complexity index is 2230. The highest BCUT2D eigenvalue weighted by molar-refractivity contribution is 8.16. The van der Waals surface area contributed by atoms with Crippen LogP contribution in [0.4, 0.5) is 0 Å². The molecule has 0 atom stereocenters. The topological polar surface area (TPSA) is 0 Å². The van der Waals surface area contributed by atoms with Gasteiger partial charge in [-0.1, -0.05) is 163 Å². The highest BCUT2D eigenvalue weighted by Gasteiger charge is 2.20. The van der Waals surface area contributed by atoms with Gasteiger partial charge in [-0.05, 0) is 100 Å². The van der Waals surface area contributed by atoms with Gasteiger partial charge in [0.1, 0.15) is 0 Å². The van der Waals surface area contributed by atoms with E-state index >= 15 is 0 Å². The molecule has 0 nitrogen and oxygen atoms in total. The number of rotatable bonds is 8. The molecule has 0 bridgehead atoms. The molecule has 2 heteroatoms. The predicted molar refractivity (Wildman–Crippen MR) is 228 cm³/mol. The summed E-state index contributed by atoms with van der Waals surface area (Å²) in [5.41, 5.74) is 12.8. The summed E-state index contributed by atoms with van der Waals surface area (Å²) in [6, 6.07) is 58.6. The van der Waals surface area contributed by atoms with Crippen LogP contribution in [0.25, 0.3) is 42.3 Å². The first-order valence-corrected chi connectivity index (χ1v) is 19.6. The van der Waals surface area contributed by atoms with Crippen LogP contribution in [0.15, 0.2) is 211 Å². The van der Waals surface area contributed by atoms with Crippen molar-refractivity contribution in [3.63, 3.8) is 0 Å². The molecule has 0 spiro atoms. The zero-order valence-electron chi connectivity index (χ0n) is 29.0. The second kappa shape index (κ2) is 16.2. The number of hydrogen-bond acceptors (Lipinski definition) is 1. The van der Waals surface area contributed by atoms with E-state index in [0.717, 1.165) is 19.3 Å². The zero-order valence-corrected chi connectivity index (χ0v) is 30.6. The van der Waals surface area contributed by atoms with Crippen molar-refractivity contribution in [1.29, 1.82) is 0 Å². The minimum absolute atomic E-state index is 1.05. The standard InChI is InChI=1S/C50H39S2/c1-6-17-39(18-7-1)46-33-37(34-47(51-46)40-19-8-2-9-20-40)29-31-44-27-16-28-45(50(44)43-25-14-5-15-26-43)32-30-38-35-48(41-21-10-3-11-22-41)52-49(36-38)42-23-12-4-13-24-42/h1-15,17-26,29-36H,16,27-28H2/q+1. The van der Waals surface area contributed by atoms with E-state index in [4.69, 9.17) is 0 Å². The Morgan fingerprint density at radius 2 is 0.923 bits per heavy atom. The van der Waals surface area contributed by atoms with Crippen molar-refractivity contribution in [2.75, 3.05) is 0 Å². The van der Waals surface area contributed by atoms with Gasteiger partial charge < -0.3 is 0 Å². The molecule has 0 unspecified atom stereocenters. The van der Waals surface area contributed by atoms with Crippen LogP contribution in [-0.2, 0) is 0 Å². The Labute approximate surface area is 316 Å². The smallest absolute Gasteiger partial charge is 0.0888 e. The molecule has 0 saturated heterocycles. The lowest BCUT2D eigenvalue weighted by atomic mass is 9.82. The van der Waals surface area contributed by atoms with Crippen molar-refractivity contribution < 1.29 is 0 Å². The maximum absolute atomic E-state index is 2.38. The van der Waals surface area contributed by atoms with Crippen LogP contribution in [0.1, 0.15) is 41.5 Å². The summed E-state index contributed by atoms with van der Waals surface area (Å²) >= 11 is 3.69. The average molecular weight is 704 g/mol. The van der Waals surface area contributed by atoms with Gasteiger partial charge in [0.25, 0.3) is 0 Å². The summed E-state index contributed by atoms with van der Waals surface area (Å²) in [7, 11) is 0. The van der Waals surface area contributed by atoms with E-state index in [1.54, 1.807) is 0 Å². The van der Waals surface area contributed by atoms with Crippen LogP contribution < -0.4 is 0 Å². The third kappa shape index (κ3) is 8.00. The number of hydrogen-bond donors (Lipinski definition) is 0. The van der Waals surface area contributed by atoms with Crippen molar-refractivity contribution in [2.45, 2.75) is 19.3 Å². The van der Waals surface area contributed by atoms with E-state index in [2.05, 4.69) is 200 Å². The number of thioether (sulfide) groups is 1. The molecule has 0 N–H and O–H groups in total. The maximum Gasteiger partial charge on any atom is 0.239 e. The van der Waals surface area contributed by atoms with Gasteiger partial charge in [0.2, 0.25) is 21.1 Å². The van der Waals surface area contributed by atoms with Crippen molar-refractivity contribution in [3.8, 4) is 20.9 Å². The fraction of sp³-hybridized carbons (Fsp3) is 0.0600. The fourth-order valence-corrected chi connectivity index (χ4v) is 9.11. The molecule has 2 heterocycles. The monoisotopic (exact) mass is 703 g/mol. The normalized spacial score (nSPS) is 15.5. The summed E-state index contributed by atoms with van der Waals surface area (Å²) in [6.45, 7) is 0. The quantitative estimate of drug-likeness (QED) is 0.142. The Morgan fingerprint density at radius 3 is 1.42 bits per heavy atom. The summed E-state index contributed by atoms with van der Waals surface area (Å²) in [4.78, 5) is 5.08. The number of allylic oxidation sites excluding steroid dienone is 9. The first-order valence-electron chi connectivity index (χ1n) is 18.0. The molecule has 6 aromatic rings. The van der Waals surface area contributed by atoms with Crippen LogP contribution in [0.2, 0.25) is 0 Å². The molecule has 0 fully saturated rings. The van der Waals surface area contributed by atoms with Gasteiger partial charge in [0.15, 0.2) is 0 Å². The zero-order chi connectivity index (χ0) is 35.0. The molecule has 0 saturated carbocycles. The third-order valence-corrected chi connectivity index (χ3v) is 11.7. The second-order valence-corrected chi connectivity index (χ2v) is 15.2. The van der Waals surface area contributed by atoms with Crippen molar-refractivity contribution in [3.05, 3.63) is 233 Å². The van der Waals surface area contributed by atoms with Gasteiger partial charge >= 0.3 is 0 Å². The van der Waals surface area contributed by atoms with Crippen LogP contribution >= 0.6 is 23.1 Å². The summed E-state index contributed by atoms with van der Waals surface area (Å²) in [5, 5.41) is 0. The number of benzene rings is 5. The lowest BCUT2D eigenvalue weighted by molar-refractivity contribution is 0.806. The van der Waals surface area contributed by atoms with E-state index in [0.29, 0.717) is 0 Å². The van der Waals surface area contributed by atoms with Crippen LogP contribution in [-0.4, -0.2) is 0 Å². The first-order chi connectivity index (χ1) is 25.8.